The molecule has 152 valence electrons. The van der Waals surface area contributed by atoms with Gasteiger partial charge in [-0.2, -0.15) is 4.39 Å². The third kappa shape index (κ3) is 3.46. The van der Waals surface area contributed by atoms with E-state index in [4.69, 9.17) is 0 Å². The van der Waals surface area contributed by atoms with Crippen LogP contribution in [-0.4, -0.2) is 54.2 Å². The third-order valence-corrected chi connectivity index (χ3v) is 5.29. The second-order valence-electron chi connectivity index (χ2n) is 7.13. The highest BCUT2D eigenvalue weighted by atomic mass is 19.1. The molecule has 0 spiro atoms. The summed E-state index contributed by atoms with van der Waals surface area (Å²) in [5, 5.41) is 10.3. The molecule has 1 amide bonds. The quantitative estimate of drug-likeness (QED) is 0.647. The van der Waals surface area contributed by atoms with E-state index in [1.54, 1.807) is 0 Å². The smallest absolute Gasteiger partial charge is 0.328 e. The van der Waals surface area contributed by atoms with Crippen LogP contribution in [0.1, 0.15) is 18.3 Å². The highest BCUT2D eigenvalue weighted by Gasteiger charge is 2.36. The lowest BCUT2D eigenvalue weighted by Gasteiger charge is -2.18. The minimum atomic E-state index is -1.12. The normalized spacial score (nSPS) is 19.2. The van der Waals surface area contributed by atoms with Crippen LogP contribution < -0.4 is 11.2 Å². The van der Waals surface area contributed by atoms with Crippen molar-refractivity contribution in [2.24, 2.45) is 0 Å². The first-order valence-electron chi connectivity index (χ1n) is 9.24. The second-order valence-corrected chi connectivity index (χ2v) is 7.13. The zero-order chi connectivity index (χ0) is 20.7. The molecule has 1 aliphatic heterocycles. The standard InChI is InChI=1S/C19H20FN5O4/c1-11-21-13-4-2-3-5-14(13)24(11)7-6-17(27)23-9-15(16(26)10-23)25-8-12(20)18(28)22-19(25)29/h2-5,8,15-16,26H,6-7,9-10H2,1H3,(H,22,28,29)/t15-,16-/m1/s1. The van der Waals surface area contributed by atoms with Gasteiger partial charge in [0.1, 0.15) is 5.82 Å². The van der Waals surface area contributed by atoms with E-state index in [0.29, 0.717) is 6.54 Å². The van der Waals surface area contributed by atoms with Crippen LogP contribution in [0, 0.1) is 12.7 Å². The number of rotatable bonds is 4. The Labute approximate surface area is 164 Å². The highest BCUT2D eigenvalue weighted by molar-refractivity contribution is 5.78. The molecule has 0 unspecified atom stereocenters. The summed E-state index contributed by atoms with van der Waals surface area (Å²) in [5.74, 6) is -0.515. The first kappa shape index (κ1) is 19.1. The SMILES string of the molecule is Cc1nc2ccccc2n1CCC(=O)N1C[C@@H](O)[C@H](n2cc(F)c(=O)[nH]c2=O)C1. The molecule has 0 bridgehead atoms. The van der Waals surface area contributed by atoms with Gasteiger partial charge in [-0.1, -0.05) is 12.1 Å². The Morgan fingerprint density at radius 2 is 2.07 bits per heavy atom. The molecule has 0 radical (unpaired) electrons. The number of aromatic amines is 1. The molecule has 2 N–H and O–H groups in total. The molecule has 29 heavy (non-hydrogen) atoms. The van der Waals surface area contributed by atoms with Gasteiger partial charge in [0.25, 0.3) is 5.56 Å². The van der Waals surface area contributed by atoms with Gasteiger partial charge >= 0.3 is 5.69 Å². The van der Waals surface area contributed by atoms with Crippen LogP contribution in [0.4, 0.5) is 4.39 Å². The molecule has 2 atom stereocenters. The number of fused-ring (bicyclic) bond motifs is 1. The number of amides is 1. The van der Waals surface area contributed by atoms with Crippen LogP contribution in [-0.2, 0) is 11.3 Å². The number of para-hydroxylation sites is 2. The van der Waals surface area contributed by atoms with E-state index in [9.17, 15) is 23.9 Å². The number of benzene rings is 1. The number of nitrogens with one attached hydrogen (secondary N) is 1. The van der Waals surface area contributed by atoms with Crippen molar-refractivity contribution in [3.63, 3.8) is 0 Å². The maximum absolute atomic E-state index is 13.6. The Kier molecular flexibility index (Phi) is 4.79. The summed E-state index contributed by atoms with van der Waals surface area (Å²) < 4.78 is 16.5. The fourth-order valence-corrected chi connectivity index (χ4v) is 3.80. The van der Waals surface area contributed by atoms with Crippen molar-refractivity contribution in [1.29, 1.82) is 0 Å². The lowest BCUT2D eigenvalue weighted by molar-refractivity contribution is -0.130. The van der Waals surface area contributed by atoms with Crippen LogP contribution >= 0.6 is 0 Å². The van der Waals surface area contributed by atoms with Gasteiger partial charge in [-0.15, -0.1) is 0 Å². The molecule has 9 nitrogen and oxygen atoms in total. The molecule has 1 fully saturated rings. The van der Waals surface area contributed by atoms with Crippen molar-refractivity contribution in [3.05, 3.63) is 62.9 Å². The Morgan fingerprint density at radius 3 is 2.86 bits per heavy atom. The first-order valence-corrected chi connectivity index (χ1v) is 9.24. The maximum Gasteiger partial charge on any atom is 0.328 e. The van der Waals surface area contributed by atoms with Crippen molar-refractivity contribution in [3.8, 4) is 0 Å². The van der Waals surface area contributed by atoms with E-state index in [0.717, 1.165) is 27.6 Å². The summed E-state index contributed by atoms with van der Waals surface area (Å²) in [6.07, 6.45) is -0.0859. The number of aryl methyl sites for hydroxylation is 2. The topological polar surface area (TPSA) is 113 Å². The van der Waals surface area contributed by atoms with Crippen molar-refractivity contribution in [2.75, 3.05) is 13.1 Å². The lowest BCUT2D eigenvalue weighted by Crippen LogP contribution is -2.37. The molecular formula is C19H20FN5O4. The van der Waals surface area contributed by atoms with Gasteiger partial charge in [0.15, 0.2) is 0 Å². The monoisotopic (exact) mass is 401 g/mol. The number of imidazole rings is 1. The predicted molar refractivity (Wildman–Crippen MR) is 102 cm³/mol. The molecule has 1 aromatic carbocycles. The third-order valence-electron chi connectivity index (χ3n) is 5.29. The molecule has 1 saturated heterocycles. The summed E-state index contributed by atoms with van der Waals surface area (Å²) in [6, 6.07) is 6.83. The fourth-order valence-electron chi connectivity index (χ4n) is 3.80. The van der Waals surface area contributed by atoms with Crippen LogP contribution in [0.25, 0.3) is 11.0 Å². The maximum atomic E-state index is 13.6. The highest BCUT2D eigenvalue weighted by Crippen LogP contribution is 2.22. The fraction of sp³-hybridized carbons (Fsp3) is 0.368. The van der Waals surface area contributed by atoms with Crippen LogP contribution in [0.3, 0.4) is 0 Å². The summed E-state index contributed by atoms with van der Waals surface area (Å²) in [7, 11) is 0. The molecule has 3 heterocycles. The molecule has 3 aromatic rings. The van der Waals surface area contributed by atoms with Gasteiger partial charge in [0, 0.05) is 26.1 Å². The lowest BCUT2D eigenvalue weighted by atomic mass is 10.2. The van der Waals surface area contributed by atoms with Gasteiger partial charge in [-0.3, -0.25) is 19.1 Å². The number of H-pyrrole nitrogens is 1. The minimum absolute atomic E-state index is 0.0281. The number of aliphatic hydroxyl groups excluding tert-OH is 1. The van der Waals surface area contributed by atoms with Gasteiger partial charge in [0.2, 0.25) is 11.7 Å². The number of halogens is 1. The summed E-state index contributed by atoms with van der Waals surface area (Å²) in [5.41, 5.74) is -0.147. The number of nitrogens with zero attached hydrogens (tertiary/aromatic N) is 4. The molecule has 0 saturated carbocycles. The zero-order valence-electron chi connectivity index (χ0n) is 15.7. The predicted octanol–water partition coefficient (Wildman–Crippen LogP) is 0.168. The van der Waals surface area contributed by atoms with Crippen molar-refractivity contribution >= 4 is 16.9 Å². The van der Waals surface area contributed by atoms with E-state index in [1.807, 2.05) is 40.7 Å². The average molecular weight is 401 g/mol. The molecule has 4 rings (SSSR count). The first-order chi connectivity index (χ1) is 13.8. The molecule has 2 aromatic heterocycles. The number of hydrogen-bond donors (Lipinski definition) is 2. The number of hydrogen-bond acceptors (Lipinski definition) is 5. The Bertz CT molecular complexity index is 1200. The summed E-state index contributed by atoms with van der Waals surface area (Å²) in [6.45, 7) is 2.38. The Morgan fingerprint density at radius 1 is 1.31 bits per heavy atom. The van der Waals surface area contributed by atoms with E-state index in [2.05, 4.69) is 4.98 Å². The van der Waals surface area contributed by atoms with Crippen molar-refractivity contribution in [2.45, 2.75) is 32.0 Å². The number of β-amino-alcohol motifs (C(OH)–C–C–N with tert-alkyl or cyclic N) is 1. The minimum Gasteiger partial charge on any atom is -0.389 e. The van der Waals surface area contributed by atoms with Gasteiger partial charge < -0.3 is 14.6 Å². The van der Waals surface area contributed by atoms with E-state index >= 15 is 0 Å². The number of likely N-dealkylation sites (tertiary alicyclic amines) is 1. The molecule has 10 heteroatoms. The average Bonchev–Trinajstić information content (AvgIpc) is 3.22. The molecule has 0 aliphatic carbocycles. The number of aromatic nitrogens is 4. The van der Waals surface area contributed by atoms with Gasteiger partial charge in [-0.25, -0.2) is 9.78 Å². The van der Waals surface area contributed by atoms with E-state index in [-0.39, 0.29) is 25.4 Å². The molecule has 1 aliphatic rings. The Balaban J connectivity index is 1.48. The van der Waals surface area contributed by atoms with Gasteiger partial charge in [0.05, 0.1) is 29.4 Å². The van der Waals surface area contributed by atoms with Crippen molar-refractivity contribution in [1.82, 2.24) is 24.0 Å². The summed E-state index contributed by atoms with van der Waals surface area (Å²) >= 11 is 0. The van der Waals surface area contributed by atoms with Crippen molar-refractivity contribution < 1.29 is 14.3 Å². The van der Waals surface area contributed by atoms with Crippen LogP contribution in [0.5, 0.6) is 0 Å². The number of carbonyl (C=O) groups excluding carboxylic acids is 1. The largest absolute Gasteiger partial charge is 0.389 e. The second kappa shape index (κ2) is 7.28. The Hall–Kier alpha value is -3.27. The zero-order valence-corrected chi connectivity index (χ0v) is 15.7. The van der Waals surface area contributed by atoms with E-state index in [1.165, 1.54) is 4.90 Å². The number of aliphatic hydroxyl groups is 1. The summed E-state index contributed by atoms with van der Waals surface area (Å²) in [4.78, 5) is 43.6. The van der Waals surface area contributed by atoms with Gasteiger partial charge in [-0.05, 0) is 19.1 Å². The van der Waals surface area contributed by atoms with Crippen LogP contribution in [0.2, 0.25) is 0 Å². The molecular weight excluding hydrogens is 381 g/mol. The van der Waals surface area contributed by atoms with E-state index < -0.39 is 29.2 Å². The van der Waals surface area contributed by atoms with Crippen LogP contribution in [0.15, 0.2) is 40.1 Å². The number of carbonyl (C=O) groups is 1.